The van der Waals surface area contributed by atoms with Crippen molar-refractivity contribution in [2.75, 3.05) is 18.0 Å². The summed E-state index contributed by atoms with van der Waals surface area (Å²) < 4.78 is 5.74. The molecule has 1 aromatic heterocycles. The van der Waals surface area contributed by atoms with Gasteiger partial charge in [-0.25, -0.2) is 0 Å². The maximum Gasteiger partial charge on any atom is 0.318 e. The van der Waals surface area contributed by atoms with Gasteiger partial charge in [0.2, 0.25) is 5.89 Å². The van der Waals surface area contributed by atoms with Gasteiger partial charge >= 0.3 is 6.01 Å². The quantitative estimate of drug-likeness (QED) is 0.886. The highest BCUT2D eigenvalue weighted by Gasteiger charge is 2.21. The molecule has 0 amide bonds. The number of hydrogen-bond donors (Lipinski definition) is 1. The molecule has 0 radical (unpaired) electrons. The van der Waals surface area contributed by atoms with E-state index in [1.54, 1.807) is 0 Å². The lowest BCUT2D eigenvalue weighted by atomic mass is 10.1. The van der Waals surface area contributed by atoms with Crippen LogP contribution in [-0.2, 0) is 6.54 Å². The van der Waals surface area contributed by atoms with E-state index in [2.05, 4.69) is 20.4 Å². The van der Waals surface area contributed by atoms with Crippen LogP contribution >= 0.6 is 0 Å². The first-order valence-electron chi connectivity index (χ1n) is 7.22. The molecular weight excluding hydrogens is 228 g/mol. The zero-order valence-electron chi connectivity index (χ0n) is 10.9. The number of nitrogens with one attached hydrogen (secondary N) is 1. The number of aromatic nitrogens is 2. The Morgan fingerprint density at radius 1 is 1.06 bits per heavy atom. The van der Waals surface area contributed by atoms with Gasteiger partial charge in [-0.15, -0.1) is 5.10 Å². The molecule has 18 heavy (non-hydrogen) atoms. The predicted molar refractivity (Wildman–Crippen MR) is 69.5 cm³/mol. The lowest BCUT2D eigenvalue weighted by Crippen LogP contribution is -2.27. The molecule has 0 spiro atoms. The van der Waals surface area contributed by atoms with E-state index < -0.39 is 0 Å². The minimum absolute atomic E-state index is 0.682. The minimum atomic E-state index is 0.682. The second-order valence-electron chi connectivity index (χ2n) is 5.39. The van der Waals surface area contributed by atoms with Crippen molar-refractivity contribution in [3.63, 3.8) is 0 Å². The third-order valence-corrected chi connectivity index (χ3v) is 3.70. The molecule has 2 fully saturated rings. The lowest BCUT2D eigenvalue weighted by molar-refractivity contribution is 0.447. The van der Waals surface area contributed by atoms with Crippen LogP contribution < -0.4 is 10.2 Å². The Morgan fingerprint density at radius 3 is 2.50 bits per heavy atom. The van der Waals surface area contributed by atoms with Gasteiger partial charge in [-0.05, 0) is 25.7 Å². The number of anilines is 1. The van der Waals surface area contributed by atoms with Gasteiger partial charge in [0.1, 0.15) is 0 Å². The van der Waals surface area contributed by atoms with Crippen LogP contribution in [0.4, 0.5) is 6.01 Å². The SMILES string of the molecule is C1CCCN(c2nnc(CNC3CC3)o2)CCC1. The summed E-state index contributed by atoms with van der Waals surface area (Å²) in [6, 6.07) is 1.39. The molecule has 1 N–H and O–H groups in total. The topological polar surface area (TPSA) is 54.2 Å². The summed E-state index contributed by atoms with van der Waals surface area (Å²) in [5.74, 6) is 0.721. The Balaban J connectivity index is 1.55. The molecule has 2 aliphatic rings. The van der Waals surface area contributed by atoms with E-state index in [9.17, 15) is 0 Å². The van der Waals surface area contributed by atoms with Gasteiger partial charge in [0, 0.05) is 19.1 Å². The van der Waals surface area contributed by atoms with Crippen LogP contribution in [0, 0.1) is 0 Å². The van der Waals surface area contributed by atoms with Crippen molar-refractivity contribution in [1.82, 2.24) is 15.5 Å². The zero-order valence-corrected chi connectivity index (χ0v) is 10.9. The van der Waals surface area contributed by atoms with Gasteiger partial charge in [-0.2, -0.15) is 0 Å². The van der Waals surface area contributed by atoms with E-state index in [0.29, 0.717) is 18.6 Å². The maximum absolute atomic E-state index is 5.74. The average Bonchev–Trinajstić information content (AvgIpc) is 3.05. The van der Waals surface area contributed by atoms with Gasteiger partial charge < -0.3 is 14.6 Å². The molecule has 0 bridgehead atoms. The zero-order chi connectivity index (χ0) is 12.2. The summed E-state index contributed by atoms with van der Waals surface area (Å²) in [6.45, 7) is 2.82. The number of rotatable bonds is 4. The Labute approximate surface area is 108 Å². The fourth-order valence-electron chi connectivity index (χ4n) is 2.40. The van der Waals surface area contributed by atoms with Crippen LogP contribution in [0.3, 0.4) is 0 Å². The minimum Gasteiger partial charge on any atom is -0.407 e. The summed E-state index contributed by atoms with van der Waals surface area (Å²) in [4.78, 5) is 2.24. The van der Waals surface area contributed by atoms with Crippen molar-refractivity contribution >= 4 is 6.01 Å². The highest BCUT2D eigenvalue weighted by molar-refractivity contribution is 5.23. The van der Waals surface area contributed by atoms with Gasteiger partial charge in [0.25, 0.3) is 0 Å². The standard InChI is InChI=1S/C13H22N4O/c1-2-4-8-17(9-5-3-1)13-16-15-12(18-13)10-14-11-6-7-11/h11,14H,1-10H2. The maximum atomic E-state index is 5.74. The average molecular weight is 250 g/mol. The van der Waals surface area contributed by atoms with Crippen LogP contribution in [0.2, 0.25) is 0 Å². The van der Waals surface area contributed by atoms with Crippen molar-refractivity contribution in [2.24, 2.45) is 0 Å². The molecule has 1 saturated heterocycles. The second kappa shape index (κ2) is 5.69. The number of nitrogens with zero attached hydrogens (tertiary/aromatic N) is 3. The van der Waals surface area contributed by atoms with E-state index in [4.69, 9.17) is 4.42 Å². The van der Waals surface area contributed by atoms with Gasteiger partial charge in [-0.3, -0.25) is 0 Å². The van der Waals surface area contributed by atoms with Crippen LogP contribution in [-0.4, -0.2) is 29.3 Å². The Kier molecular flexibility index (Phi) is 3.78. The van der Waals surface area contributed by atoms with E-state index in [1.807, 2.05) is 0 Å². The van der Waals surface area contributed by atoms with Gasteiger partial charge in [0.15, 0.2) is 0 Å². The van der Waals surface area contributed by atoms with Crippen molar-refractivity contribution in [1.29, 1.82) is 0 Å². The Bertz CT molecular complexity index is 367. The molecule has 5 heteroatoms. The molecule has 1 aromatic rings. The van der Waals surface area contributed by atoms with Crippen molar-refractivity contribution in [3.05, 3.63) is 5.89 Å². The highest BCUT2D eigenvalue weighted by atomic mass is 16.4. The van der Waals surface area contributed by atoms with Gasteiger partial charge in [-0.1, -0.05) is 24.4 Å². The van der Waals surface area contributed by atoms with Crippen LogP contribution in [0.5, 0.6) is 0 Å². The first-order chi connectivity index (χ1) is 8.92. The first-order valence-corrected chi connectivity index (χ1v) is 7.22. The molecule has 1 aliphatic carbocycles. The molecule has 0 unspecified atom stereocenters. The van der Waals surface area contributed by atoms with Crippen molar-refractivity contribution in [2.45, 2.75) is 57.5 Å². The lowest BCUT2D eigenvalue weighted by Gasteiger charge is -2.22. The molecule has 3 rings (SSSR count). The third-order valence-electron chi connectivity index (χ3n) is 3.70. The summed E-state index contributed by atoms with van der Waals surface area (Å²) in [5, 5.41) is 11.7. The molecular formula is C13H22N4O. The molecule has 0 aromatic carbocycles. The first kappa shape index (κ1) is 12.0. The van der Waals surface area contributed by atoms with Crippen LogP contribution in [0.15, 0.2) is 4.42 Å². The number of hydrogen-bond acceptors (Lipinski definition) is 5. The van der Waals surface area contributed by atoms with E-state index >= 15 is 0 Å². The van der Waals surface area contributed by atoms with E-state index in [1.165, 1.54) is 44.9 Å². The summed E-state index contributed by atoms with van der Waals surface area (Å²) in [7, 11) is 0. The summed E-state index contributed by atoms with van der Waals surface area (Å²) >= 11 is 0. The molecule has 2 heterocycles. The van der Waals surface area contributed by atoms with Crippen molar-refractivity contribution < 1.29 is 4.42 Å². The molecule has 0 atom stereocenters. The predicted octanol–water partition coefficient (Wildman–Crippen LogP) is 2.09. The summed E-state index contributed by atoms with van der Waals surface area (Å²) in [5.41, 5.74) is 0. The largest absolute Gasteiger partial charge is 0.407 e. The smallest absolute Gasteiger partial charge is 0.318 e. The molecule has 1 aliphatic heterocycles. The molecule has 100 valence electrons. The monoisotopic (exact) mass is 250 g/mol. The van der Waals surface area contributed by atoms with E-state index in [0.717, 1.165) is 19.0 Å². The van der Waals surface area contributed by atoms with Crippen molar-refractivity contribution in [3.8, 4) is 0 Å². The fraction of sp³-hybridized carbons (Fsp3) is 0.846. The van der Waals surface area contributed by atoms with E-state index in [-0.39, 0.29) is 0 Å². The second-order valence-corrected chi connectivity index (χ2v) is 5.39. The fourth-order valence-corrected chi connectivity index (χ4v) is 2.40. The van der Waals surface area contributed by atoms with Crippen LogP contribution in [0.25, 0.3) is 0 Å². The van der Waals surface area contributed by atoms with Gasteiger partial charge in [0.05, 0.1) is 6.54 Å². The molecule has 1 saturated carbocycles. The highest BCUT2D eigenvalue weighted by Crippen LogP contribution is 2.20. The normalized spacial score (nSPS) is 21.7. The Morgan fingerprint density at radius 2 is 1.78 bits per heavy atom. The Hall–Kier alpha value is -1.10. The third kappa shape index (κ3) is 3.22. The van der Waals surface area contributed by atoms with Crippen LogP contribution in [0.1, 0.15) is 50.8 Å². The molecule has 5 nitrogen and oxygen atoms in total. The summed E-state index contributed by atoms with van der Waals surface area (Å²) in [6.07, 6.45) is 9.05.